The lowest BCUT2D eigenvalue weighted by Gasteiger charge is -2.22. The number of cyclic esters (lactones) is 1. The van der Waals surface area contributed by atoms with Crippen molar-refractivity contribution in [1.82, 2.24) is 4.90 Å². The first-order chi connectivity index (χ1) is 15.8. The van der Waals surface area contributed by atoms with E-state index in [4.69, 9.17) is 9.47 Å². The second-order valence-corrected chi connectivity index (χ2v) is 8.54. The van der Waals surface area contributed by atoms with Gasteiger partial charge in [0.25, 0.3) is 5.78 Å². The summed E-state index contributed by atoms with van der Waals surface area (Å²) in [6.45, 7) is 6.07. The molecule has 9 nitrogen and oxygen atoms in total. The molecule has 0 unspecified atom stereocenters. The molecule has 33 heavy (non-hydrogen) atoms. The molecule has 0 aromatic heterocycles. The Hall–Kier alpha value is -3.23. The summed E-state index contributed by atoms with van der Waals surface area (Å²) in [7, 11) is 0. The minimum atomic E-state index is -0.977. The van der Waals surface area contributed by atoms with Crippen molar-refractivity contribution < 1.29 is 33.8 Å². The quantitative estimate of drug-likeness (QED) is 0.538. The van der Waals surface area contributed by atoms with Crippen molar-refractivity contribution in [2.75, 3.05) is 26.2 Å². The van der Waals surface area contributed by atoms with Gasteiger partial charge >= 0.3 is 5.97 Å². The zero-order valence-corrected chi connectivity index (χ0v) is 19.0. The zero-order valence-electron chi connectivity index (χ0n) is 19.0. The van der Waals surface area contributed by atoms with Gasteiger partial charge in [-0.2, -0.15) is 0 Å². The topological polar surface area (TPSA) is 123 Å². The molecule has 2 atom stereocenters. The molecule has 2 heterocycles. The van der Waals surface area contributed by atoms with E-state index in [1.807, 2.05) is 4.90 Å². The van der Waals surface area contributed by atoms with E-state index in [-0.39, 0.29) is 42.9 Å². The molecule has 3 rings (SSSR count). The van der Waals surface area contributed by atoms with Crippen LogP contribution < -0.4 is 4.74 Å². The number of hydrogen-bond acceptors (Lipinski definition) is 9. The molecule has 0 saturated heterocycles. The third kappa shape index (κ3) is 6.40. The zero-order chi connectivity index (χ0) is 24.0. The fourth-order valence-corrected chi connectivity index (χ4v) is 3.80. The summed E-state index contributed by atoms with van der Waals surface area (Å²) in [5.74, 6) is -3.19. The third-order valence-electron chi connectivity index (χ3n) is 6.06. The van der Waals surface area contributed by atoms with Crippen molar-refractivity contribution in [3.8, 4) is 11.5 Å². The smallest absolute Gasteiger partial charge is 0.342 e. The van der Waals surface area contributed by atoms with Crippen molar-refractivity contribution in [3.05, 3.63) is 23.3 Å². The minimum Gasteiger partial charge on any atom is -0.507 e. The van der Waals surface area contributed by atoms with Gasteiger partial charge in [0.1, 0.15) is 29.8 Å². The van der Waals surface area contributed by atoms with Gasteiger partial charge in [-0.15, -0.1) is 0 Å². The van der Waals surface area contributed by atoms with Crippen molar-refractivity contribution in [1.29, 1.82) is 0 Å². The van der Waals surface area contributed by atoms with Gasteiger partial charge in [-0.3, -0.25) is 19.4 Å². The van der Waals surface area contributed by atoms with Gasteiger partial charge in [-0.1, -0.05) is 6.92 Å². The molecule has 0 radical (unpaired) electrons. The highest BCUT2D eigenvalue weighted by Gasteiger charge is 2.28. The molecule has 9 heteroatoms. The normalized spacial score (nSPS) is 22.7. The van der Waals surface area contributed by atoms with Crippen LogP contribution in [0.3, 0.4) is 0 Å². The number of carbonyl (C=O) groups is 4. The van der Waals surface area contributed by atoms with Crippen molar-refractivity contribution in [2.24, 2.45) is 10.9 Å². The van der Waals surface area contributed by atoms with Crippen LogP contribution in [0.15, 0.2) is 17.1 Å². The predicted octanol–water partition coefficient (Wildman–Crippen LogP) is 2.12. The molecule has 0 saturated carbocycles. The number of Topliss-reactive ketones (excluding diaryl/α,β-unsaturated/α-hetero) is 3. The van der Waals surface area contributed by atoms with Crippen molar-refractivity contribution in [2.45, 2.75) is 52.1 Å². The fraction of sp³-hybridized carbons (Fsp3) is 0.542. The summed E-state index contributed by atoms with van der Waals surface area (Å²) in [6.07, 6.45) is 1.79. The van der Waals surface area contributed by atoms with Crippen LogP contribution in [-0.2, 0) is 25.5 Å². The number of aryl methyl sites for hydroxylation is 1. The van der Waals surface area contributed by atoms with Gasteiger partial charge in [-0.05, 0) is 43.7 Å². The molecule has 178 valence electrons. The number of fused-ring (bicyclic) bond motifs is 1. The Morgan fingerprint density at radius 1 is 1.12 bits per heavy atom. The number of phenolic OH excluding ortho intramolecular Hbond substituents is 1. The Kier molecular flexibility index (Phi) is 8.19. The number of hydrogen-bond donors (Lipinski definition) is 1. The standard InChI is InChI=1S/C24H30N2O7/c1-15-6-7-20(28)23(30)19(27)5-3-4-17-12-18(32-11-10-26-9-8-25-14-26)13-21(29)22(17)24(31)33-16(15)2/h12-16,29H,3-11H2,1-2H3/t15-,16+/m1/s1. The second-order valence-electron chi connectivity index (χ2n) is 8.54. The first-order valence-corrected chi connectivity index (χ1v) is 11.3. The predicted molar refractivity (Wildman–Crippen MR) is 120 cm³/mol. The highest BCUT2D eigenvalue weighted by Crippen LogP contribution is 2.31. The summed E-state index contributed by atoms with van der Waals surface area (Å²) >= 11 is 0. The molecule has 0 amide bonds. The summed E-state index contributed by atoms with van der Waals surface area (Å²) in [4.78, 5) is 55.4. The number of nitrogens with zero attached hydrogens (tertiary/aromatic N) is 2. The van der Waals surface area contributed by atoms with E-state index < -0.39 is 29.4 Å². The van der Waals surface area contributed by atoms with E-state index in [0.717, 1.165) is 13.1 Å². The van der Waals surface area contributed by atoms with Crippen LogP contribution in [0.5, 0.6) is 11.5 Å². The van der Waals surface area contributed by atoms with E-state index in [9.17, 15) is 24.3 Å². The molecule has 1 aromatic carbocycles. The average molecular weight is 459 g/mol. The molecule has 2 aliphatic rings. The number of carbonyl (C=O) groups excluding carboxylic acids is 4. The van der Waals surface area contributed by atoms with Crippen LogP contribution in [-0.4, -0.2) is 72.0 Å². The Bertz CT molecular complexity index is 956. The molecule has 0 aliphatic carbocycles. The highest BCUT2D eigenvalue weighted by molar-refractivity contribution is 6.63. The summed E-state index contributed by atoms with van der Waals surface area (Å²) < 4.78 is 11.3. The Morgan fingerprint density at radius 2 is 1.88 bits per heavy atom. The molecular formula is C24H30N2O7. The Labute approximate surface area is 192 Å². The summed E-state index contributed by atoms with van der Waals surface area (Å²) in [6, 6.07) is 3.02. The van der Waals surface area contributed by atoms with Crippen LogP contribution >= 0.6 is 0 Å². The van der Waals surface area contributed by atoms with Crippen LogP contribution in [0.2, 0.25) is 0 Å². The minimum absolute atomic E-state index is 0.0278. The number of ketones is 3. The lowest BCUT2D eigenvalue weighted by Crippen LogP contribution is -2.27. The fourth-order valence-electron chi connectivity index (χ4n) is 3.80. The number of benzene rings is 1. The lowest BCUT2D eigenvalue weighted by molar-refractivity contribution is -0.144. The van der Waals surface area contributed by atoms with E-state index >= 15 is 0 Å². The Morgan fingerprint density at radius 3 is 2.61 bits per heavy atom. The summed E-state index contributed by atoms with van der Waals surface area (Å²) in [5.41, 5.74) is 0.487. The number of esters is 1. The van der Waals surface area contributed by atoms with Gasteiger partial charge in [0.05, 0.1) is 19.4 Å². The molecule has 0 bridgehead atoms. The Balaban J connectivity index is 1.81. The largest absolute Gasteiger partial charge is 0.507 e. The molecule has 2 aliphatic heterocycles. The van der Waals surface area contributed by atoms with Gasteiger partial charge in [0.15, 0.2) is 0 Å². The maximum atomic E-state index is 12.9. The molecule has 0 spiro atoms. The van der Waals surface area contributed by atoms with Gasteiger partial charge in [-0.25, -0.2) is 4.79 Å². The summed E-state index contributed by atoms with van der Waals surface area (Å²) in [5, 5.41) is 10.6. The van der Waals surface area contributed by atoms with Crippen LogP contribution in [0.4, 0.5) is 0 Å². The number of ether oxygens (including phenoxy) is 2. The van der Waals surface area contributed by atoms with E-state index in [1.165, 1.54) is 6.07 Å². The third-order valence-corrected chi connectivity index (χ3v) is 6.06. The monoisotopic (exact) mass is 458 g/mol. The van der Waals surface area contributed by atoms with Crippen molar-refractivity contribution >= 4 is 29.7 Å². The molecule has 1 aromatic rings. The van der Waals surface area contributed by atoms with Gasteiger partial charge < -0.3 is 19.5 Å². The number of aromatic hydroxyl groups is 1. The molecule has 0 fully saturated rings. The van der Waals surface area contributed by atoms with Crippen LogP contribution in [0.1, 0.15) is 55.5 Å². The van der Waals surface area contributed by atoms with Crippen molar-refractivity contribution in [3.63, 3.8) is 0 Å². The first kappa shape index (κ1) is 24.4. The van der Waals surface area contributed by atoms with E-state index in [0.29, 0.717) is 30.9 Å². The highest BCUT2D eigenvalue weighted by atomic mass is 16.5. The van der Waals surface area contributed by atoms with Crippen LogP contribution in [0.25, 0.3) is 0 Å². The van der Waals surface area contributed by atoms with Gasteiger partial charge in [0, 0.05) is 25.5 Å². The van der Waals surface area contributed by atoms with Crippen LogP contribution in [0, 0.1) is 5.92 Å². The molecular weight excluding hydrogens is 428 g/mol. The number of phenols is 1. The van der Waals surface area contributed by atoms with E-state index in [1.54, 1.807) is 26.3 Å². The molecule has 1 N–H and O–H groups in total. The lowest BCUT2D eigenvalue weighted by atomic mass is 9.94. The van der Waals surface area contributed by atoms with Gasteiger partial charge in [0.2, 0.25) is 11.6 Å². The maximum absolute atomic E-state index is 12.9. The first-order valence-electron chi connectivity index (χ1n) is 11.3. The number of aliphatic imine (C=N–C) groups is 1. The SMILES string of the molecule is C[C@@H]1CCC(=O)C(=O)C(=O)CCCc2cc(OCCN3C=NCC3)cc(O)c2C(=O)O[C@H]1C. The maximum Gasteiger partial charge on any atom is 0.342 e. The number of rotatable bonds is 4. The second kappa shape index (κ2) is 11.1. The van der Waals surface area contributed by atoms with E-state index in [2.05, 4.69) is 4.99 Å². The average Bonchev–Trinajstić information content (AvgIpc) is 3.29.